The Morgan fingerprint density at radius 2 is 1.78 bits per heavy atom. The molecule has 6 heteroatoms. The van der Waals surface area contributed by atoms with Gasteiger partial charge in [0.15, 0.2) is 23.0 Å². The molecular weight excluding hydrogens is 346 g/mol. The molecule has 0 aromatic heterocycles. The van der Waals surface area contributed by atoms with Gasteiger partial charge in [-0.1, -0.05) is 0 Å². The highest BCUT2D eigenvalue weighted by atomic mass is 16.5. The third-order valence-electron chi connectivity index (χ3n) is 5.12. The van der Waals surface area contributed by atoms with Crippen LogP contribution in [0.1, 0.15) is 30.5 Å². The summed E-state index contributed by atoms with van der Waals surface area (Å²) in [4.78, 5) is 2.01. The third-order valence-corrected chi connectivity index (χ3v) is 5.12. The number of methoxy groups -OCH3 is 3. The van der Waals surface area contributed by atoms with Crippen molar-refractivity contribution in [1.29, 1.82) is 0 Å². The van der Waals surface area contributed by atoms with Crippen molar-refractivity contribution in [3.63, 3.8) is 0 Å². The van der Waals surface area contributed by atoms with Crippen molar-refractivity contribution in [2.24, 2.45) is 0 Å². The zero-order chi connectivity index (χ0) is 20.4. The van der Waals surface area contributed by atoms with Crippen LogP contribution in [0.15, 0.2) is 24.3 Å². The minimum Gasteiger partial charge on any atom is -0.504 e. The van der Waals surface area contributed by atoms with E-state index in [2.05, 4.69) is 0 Å². The van der Waals surface area contributed by atoms with Crippen molar-refractivity contribution in [3.8, 4) is 28.7 Å². The lowest BCUT2D eigenvalue weighted by atomic mass is 9.88. The third kappa shape index (κ3) is 3.76. The number of hydrogen-bond acceptors (Lipinski definition) is 6. The molecule has 2 aromatic carbocycles. The number of fused-ring (bicyclic) bond motifs is 1. The highest BCUT2D eigenvalue weighted by molar-refractivity contribution is 5.53. The van der Waals surface area contributed by atoms with Crippen LogP contribution in [0.4, 0.5) is 0 Å². The molecule has 146 valence electrons. The fourth-order valence-corrected chi connectivity index (χ4v) is 3.67. The second kappa shape index (κ2) is 7.96. The smallest absolute Gasteiger partial charge is 0.203 e. The molecule has 0 saturated heterocycles. The lowest BCUT2D eigenvalue weighted by molar-refractivity contribution is 0.218. The number of benzene rings is 2. The first-order valence-corrected chi connectivity index (χ1v) is 8.87. The Bertz CT molecular complexity index is 857. The van der Waals surface area contributed by atoms with Crippen molar-refractivity contribution < 1.29 is 25.8 Å². The van der Waals surface area contributed by atoms with Gasteiger partial charge in [0, 0.05) is 13.9 Å². The second-order valence-electron chi connectivity index (χ2n) is 6.68. The molecule has 3 rings (SSSR count). The molecule has 0 spiro atoms. The summed E-state index contributed by atoms with van der Waals surface area (Å²) in [5, 5.41) is 20.4. The topological polar surface area (TPSA) is 71.4 Å². The summed E-state index contributed by atoms with van der Waals surface area (Å²) < 4.78 is 24.1. The molecule has 2 N–H and O–H groups in total. The molecule has 0 radical (unpaired) electrons. The fraction of sp³-hybridized carbons (Fsp3) is 0.429. The van der Waals surface area contributed by atoms with Crippen LogP contribution < -0.4 is 14.2 Å². The minimum atomic E-state index is -0.370. The number of likely N-dealkylation sites (N-methyl/N-ethyl adjacent to an activating group) is 1. The monoisotopic (exact) mass is 375 g/mol. The Hall–Kier alpha value is -2.60. The summed E-state index contributed by atoms with van der Waals surface area (Å²) >= 11 is 0. The number of phenols is 2. The summed E-state index contributed by atoms with van der Waals surface area (Å²) in [6, 6.07) is 7.07. The first kappa shape index (κ1) is 17.8. The van der Waals surface area contributed by atoms with Gasteiger partial charge in [-0.25, -0.2) is 0 Å². The van der Waals surface area contributed by atoms with Gasteiger partial charge in [0.1, 0.15) is 0 Å². The van der Waals surface area contributed by atoms with E-state index in [0.29, 0.717) is 30.1 Å². The molecule has 0 aliphatic carbocycles. The molecule has 2 atom stereocenters. The van der Waals surface area contributed by atoms with Crippen LogP contribution in [0, 0.1) is 0 Å². The van der Waals surface area contributed by atoms with Gasteiger partial charge in [0.05, 0.1) is 21.3 Å². The van der Waals surface area contributed by atoms with Crippen LogP contribution in [-0.2, 0) is 12.8 Å². The molecule has 27 heavy (non-hydrogen) atoms. The van der Waals surface area contributed by atoms with Crippen molar-refractivity contribution >= 4 is 0 Å². The predicted molar refractivity (Wildman–Crippen MR) is 103 cm³/mol. The quantitative estimate of drug-likeness (QED) is 0.807. The van der Waals surface area contributed by atoms with Crippen LogP contribution in [-0.4, -0.2) is 50.0 Å². The van der Waals surface area contributed by atoms with E-state index in [1.54, 1.807) is 12.1 Å². The number of hydrogen-bond donors (Lipinski definition) is 2. The minimum absolute atomic E-state index is 0.0294. The lowest BCUT2D eigenvalue weighted by Gasteiger charge is -2.35. The van der Waals surface area contributed by atoms with E-state index in [0.717, 1.165) is 23.1 Å². The average Bonchev–Trinajstić information content (AvgIpc) is 2.68. The predicted octanol–water partition coefficient (Wildman–Crippen LogP) is 3.29. The van der Waals surface area contributed by atoms with Gasteiger partial charge >= 0.3 is 0 Å². The molecule has 1 aliphatic rings. The van der Waals surface area contributed by atoms with Crippen LogP contribution in [0.25, 0.3) is 0 Å². The summed E-state index contributed by atoms with van der Waals surface area (Å²) in [7, 11) is 6.47. The average molecular weight is 375 g/mol. The van der Waals surface area contributed by atoms with Crippen molar-refractivity contribution in [1.82, 2.24) is 4.90 Å². The molecule has 0 bridgehead atoms. The normalized spacial score (nSPS) is 19.9. The van der Waals surface area contributed by atoms with Gasteiger partial charge in [0.25, 0.3) is 0 Å². The zero-order valence-corrected chi connectivity index (χ0v) is 16.2. The van der Waals surface area contributed by atoms with E-state index in [9.17, 15) is 10.2 Å². The first-order chi connectivity index (χ1) is 13.4. The Morgan fingerprint density at radius 3 is 2.44 bits per heavy atom. The number of aromatic hydroxyl groups is 2. The van der Waals surface area contributed by atoms with Gasteiger partial charge in [-0.05, 0) is 67.3 Å². The standard InChI is InChI=1S/C21H27NO5/c1-22-8-7-14-11-19(25-2)17(23)12-15(14)16(22)6-5-13-9-18(24)21(27-4)20(10-13)26-3/h9-12,16,23-24H,5-8H2,1-4H3/t16-/m0/s1/i8T/t8-,16+/m1. The number of nitrogens with zero attached hydrogens (tertiary/aromatic N) is 1. The zero-order valence-electron chi connectivity index (χ0n) is 17.2. The van der Waals surface area contributed by atoms with Crippen molar-refractivity contribution in [3.05, 3.63) is 41.0 Å². The maximum absolute atomic E-state index is 10.2. The van der Waals surface area contributed by atoms with E-state index in [-0.39, 0.29) is 24.1 Å². The van der Waals surface area contributed by atoms with E-state index >= 15 is 0 Å². The fourth-order valence-electron chi connectivity index (χ4n) is 3.67. The van der Waals surface area contributed by atoms with Crippen LogP contribution in [0.5, 0.6) is 28.7 Å². The Balaban J connectivity index is 1.88. The van der Waals surface area contributed by atoms with Crippen LogP contribution in [0.3, 0.4) is 0 Å². The largest absolute Gasteiger partial charge is 0.504 e. The van der Waals surface area contributed by atoms with Gasteiger partial charge in [-0.15, -0.1) is 0 Å². The van der Waals surface area contributed by atoms with Gasteiger partial charge in [0.2, 0.25) is 5.75 Å². The van der Waals surface area contributed by atoms with Crippen LogP contribution >= 0.6 is 0 Å². The van der Waals surface area contributed by atoms with Gasteiger partial charge < -0.3 is 24.4 Å². The van der Waals surface area contributed by atoms with E-state index < -0.39 is 0 Å². The SMILES string of the molecule is [3H][C@@H]1Cc2cc(OC)c(O)cc2[C@H](CCc2cc(O)c(OC)c(OC)c2)N1C. The van der Waals surface area contributed by atoms with E-state index in [4.69, 9.17) is 15.6 Å². The number of phenolic OH excluding ortho intramolecular Hbond substituents is 2. The second-order valence-corrected chi connectivity index (χ2v) is 6.68. The highest BCUT2D eigenvalue weighted by Gasteiger charge is 2.26. The molecule has 0 fully saturated rings. The van der Waals surface area contributed by atoms with Crippen molar-refractivity contribution in [2.45, 2.75) is 25.3 Å². The summed E-state index contributed by atoms with van der Waals surface area (Å²) in [6.07, 6.45) is 1.97. The highest BCUT2D eigenvalue weighted by Crippen LogP contribution is 2.41. The summed E-state index contributed by atoms with van der Waals surface area (Å²) in [5.74, 6) is 1.37. The van der Waals surface area contributed by atoms with E-state index in [1.807, 2.05) is 24.1 Å². The summed E-state index contributed by atoms with van der Waals surface area (Å²) in [5.41, 5.74) is 2.94. The van der Waals surface area contributed by atoms with Crippen molar-refractivity contribution in [2.75, 3.05) is 34.9 Å². The lowest BCUT2D eigenvalue weighted by Crippen LogP contribution is -2.32. The molecule has 6 nitrogen and oxygen atoms in total. The molecular formula is C21H27NO5. The molecule has 1 heterocycles. The maximum Gasteiger partial charge on any atom is 0.203 e. The molecule has 1 aliphatic heterocycles. The molecule has 2 aromatic rings. The van der Waals surface area contributed by atoms with Gasteiger partial charge in [-0.3, -0.25) is 4.90 Å². The number of ether oxygens (including phenoxy) is 3. The number of rotatable bonds is 6. The maximum atomic E-state index is 10.2. The van der Waals surface area contributed by atoms with Gasteiger partial charge in [-0.2, -0.15) is 0 Å². The Kier molecular flexibility index (Phi) is 5.25. The molecule has 0 saturated carbocycles. The van der Waals surface area contributed by atoms with Crippen LogP contribution in [0.2, 0.25) is 0 Å². The Morgan fingerprint density at radius 1 is 1.04 bits per heavy atom. The first-order valence-electron chi connectivity index (χ1n) is 9.45. The molecule has 0 unspecified atom stereocenters. The van der Waals surface area contributed by atoms with E-state index in [1.165, 1.54) is 21.3 Å². The summed E-state index contributed by atoms with van der Waals surface area (Å²) in [6.45, 7) is -0.370. The Labute approximate surface area is 161 Å². The molecule has 0 amide bonds. The number of aryl methyl sites for hydroxylation is 2.